The minimum atomic E-state index is 0.731. The van der Waals surface area contributed by atoms with Crippen LogP contribution in [0.5, 0.6) is 0 Å². The molecule has 0 atom stereocenters. The highest BCUT2D eigenvalue weighted by molar-refractivity contribution is 7.13. The van der Waals surface area contributed by atoms with Gasteiger partial charge in [-0.25, -0.2) is 0 Å². The van der Waals surface area contributed by atoms with Crippen molar-refractivity contribution < 1.29 is 0 Å². The van der Waals surface area contributed by atoms with E-state index in [1.807, 2.05) is 32.2 Å². The third-order valence-corrected chi connectivity index (χ3v) is 4.07. The van der Waals surface area contributed by atoms with E-state index in [1.165, 1.54) is 4.88 Å². The van der Waals surface area contributed by atoms with Crippen molar-refractivity contribution in [1.82, 2.24) is 15.2 Å². The maximum atomic E-state index is 4.46. The Bertz CT molecular complexity index is 700. The Hall–Kier alpha value is -2.14. The van der Waals surface area contributed by atoms with Crippen molar-refractivity contribution in [2.45, 2.75) is 20.4 Å². The van der Waals surface area contributed by atoms with Gasteiger partial charge in [-0.1, -0.05) is 6.07 Å². The molecule has 3 rings (SSSR count). The van der Waals surface area contributed by atoms with Crippen LogP contribution in [-0.4, -0.2) is 15.2 Å². The largest absolute Gasteiger partial charge is 0.379 e. The molecule has 3 aromatic heterocycles. The fourth-order valence-electron chi connectivity index (χ4n) is 2.14. The van der Waals surface area contributed by atoms with Crippen molar-refractivity contribution in [3.63, 3.8) is 0 Å². The molecule has 0 fully saturated rings. The summed E-state index contributed by atoms with van der Waals surface area (Å²) in [6.07, 6.45) is 1.87. The normalized spacial score (nSPS) is 10.7. The number of H-pyrrole nitrogens is 1. The number of thiophene rings is 1. The Morgan fingerprint density at radius 3 is 2.90 bits per heavy atom. The molecule has 5 heteroatoms. The second-order valence-corrected chi connectivity index (χ2v) is 5.63. The zero-order chi connectivity index (χ0) is 13.9. The van der Waals surface area contributed by atoms with Crippen LogP contribution in [0.25, 0.3) is 10.6 Å². The molecule has 0 aromatic carbocycles. The minimum Gasteiger partial charge on any atom is -0.379 e. The minimum absolute atomic E-state index is 0.731. The Kier molecular flexibility index (Phi) is 3.52. The van der Waals surface area contributed by atoms with Crippen LogP contribution in [-0.2, 0) is 6.54 Å². The van der Waals surface area contributed by atoms with Gasteiger partial charge in [0.05, 0.1) is 28.1 Å². The summed E-state index contributed by atoms with van der Waals surface area (Å²) < 4.78 is 0. The Morgan fingerprint density at radius 1 is 1.25 bits per heavy atom. The van der Waals surface area contributed by atoms with Crippen molar-refractivity contribution in [1.29, 1.82) is 0 Å². The molecule has 0 amide bonds. The van der Waals surface area contributed by atoms with Crippen LogP contribution in [0.2, 0.25) is 0 Å². The van der Waals surface area contributed by atoms with Crippen molar-refractivity contribution in [3.8, 4) is 10.6 Å². The van der Waals surface area contributed by atoms with Crippen molar-refractivity contribution in [2.75, 3.05) is 5.32 Å². The highest BCUT2D eigenvalue weighted by Crippen LogP contribution is 2.26. The number of nitrogens with one attached hydrogen (secondary N) is 2. The molecule has 20 heavy (non-hydrogen) atoms. The molecule has 0 saturated carbocycles. The lowest BCUT2D eigenvalue weighted by Gasteiger charge is -2.09. The third-order valence-electron chi connectivity index (χ3n) is 3.18. The first kappa shape index (κ1) is 12.9. The average Bonchev–Trinajstić information content (AvgIpc) is 3.08. The number of aromatic amines is 1. The Labute approximate surface area is 121 Å². The van der Waals surface area contributed by atoms with Crippen LogP contribution in [0.15, 0.2) is 35.8 Å². The summed E-state index contributed by atoms with van der Waals surface area (Å²) >= 11 is 1.71. The molecule has 3 heterocycles. The van der Waals surface area contributed by atoms with Crippen LogP contribution < -0.4 is 5.32 Å². The van der Waals surface area contributed by atoms with Gasteiger partial charge in [-0.2, -0.15) is 5.10 Å². The standard InChI is InChI=1S/C15H16N4S/c1-10-5-6-13(11(2)18-10)16-8-12-9-17-19-15(12)14-4-3-7-20-14/h3-7,9,16H,8H2,1-2H3,(H,17,19). The van der Waals surface area contributed by atoms with Gasteiger partial charge in [0, 0.05) is 17.8 Å². The highest BCUT2D eigenvalue weighted by atomic mass is 32.1. The second-order valence-electron chi connectivity index (χ2n) is 4.69. The molecule has 0 bridgehead atoms. The van der Waals surface area contributed by atoms with Gasteiger partial charge in [-0.15, -0.1) is 11.3 Å². The van der Waals surface area contributed by atoms with Gasteiger partial charge < -0.3 is 5.32 Å². The maximum Gasteiger partial charge on any atom is 0.0799 e. The Morgan fingerprint density at radius 2 is 2.15 bits per heavy atom. The number of pyridine rings is 1. The number of rotatable bonds is 4. The molecule has 0 unspecified atom stereocenters. The van der Waals surface area contributed by atoms with E-state index in [1.54, 1.807) is 11.3 Å². The van der Waals surface area contributed by atoms with Gasteiger partial charge in [-0.3, -0.25) is 10.1 Å². The topological polar surface area (TPSA) is 53.6 Å². The monoisotopic (exact) mass is 284 g/mol. The smallest absolute Gasteiger partial charge is 0.0799 e. The zero-order valence-electron chi connectivity index (χ0n) is 11.5. The molecular formula is C15H16N4S. The molecule has 0 aliphatic heterocycles. The van der Waals surface area contributed by atoms with E-state index in [4.69, 9.17) is 0 Å². The first-order valence-electron chi connectivity index (χ1n) is 6.48. The van der Waals surface area contributed by atoms with Gasteiger partial charge in [0.15, 0.2) is 0 Å². The SMILES string of the molecule is Cc1ccc(NCc2cn[nH]c2-c2cccs2)c(C)n1. The molecule has 4 nitrogen and oxygen atoms in total. The number of hydrogen-bond donors (Lipinski definition) is 2. The summed E-state index contributed by atoms with van der Waals surface area (Å²) in [7, 11) is 0. The van der Waals surface area contributed by atoms with Crippen LogP contribution >= 0.6 is 11.3 Å². The lowest BCUT2D eigenvalue weighted by atomic mass is 10.2. The predicted molar refractivity (Wildman–Crippen MR) is 82.9 cm³/mol. The van der Waals surface area contributed by atoms with E-state index in [9.17, 15) is 0 Å². The van der Waals surface area contributed by atoms with E-state index in [0.717, 1.165) is 34.9 Å². The van der Waals surface area contributed by atoms with Crippen molar-refractivity contribution in [2.24, 2.45) is 0 Å². The molecule has 0 saturated heterocycles. The van der Waals surface area contributed by atoms with E-state index in [-0.39, 0.29) is 0 Å². The fourth-order valence-corrected chi connectivity index (χ4v) is 2.90. The third kappa shape index (κ3) is 2.58. The van der Waals surface area contributed by atoms with Gasteiger partial charge >= 0.3 is 0 Å². The summed E-state index contributed by atoms with van der Waals surface area (Å²) in [4.78, 5) is 5.67. The van der Waals surface area contributed by atoms with E-state index >= 15 is 0 Å². The first-order chi connectivity index (χ1) is 9.74. The lowest BCUT2D eigenvalue weighted by Crippen LogP contribution is -2.02. The van der Waals surface area contributed by atoms with Crippen LogP contribution in [0.1, 0.15) is 17.0 Å². The predicted octanol–water partition coefficient (Wildman–Crippen LogP) is 3.76. The Balaban J connectivity index is 1.78. The van der Waals surface area contributed by atoms with Gasteiger partial charge in [0.1, 0.15) is 0 Å². The summed E-state index contributed by atoms with van der Waals surface area (Å²) in [5.74, 6) is 0. The number of aromatic nitrogens is 3. The number of hydrogen-bond acceptors (Lipinski definition) is 4. The number of nitrogens with zero attached hydrogens (tertiary/aromatic N) is 2. The van der Waals surface area contributed by atoms with Crippen LogP contribution in [0, 0.1) is 13.8 Å². The van der Waals surface area contributed by atoms with E-state index in [2.05, 4.69) is 38.0 Å². The lowest BCUT2D eigenvalue weighted by molar-refractivity contribution is 1.08. The highest BCUT2D eigenvalue weighted by Gasteiger charge is 2.09. The van der Waals surface area contributed by atoms with Gasteiger partial charge in [-0.05, 0) is 37.4 Å². The van der Waals surface area contributed by atoms with Crippen LogP contribution in [0.4, 0.5) is 5.69 Å². The van der Waals surface area contributed by atoms with Gasteiger partial charge in [0.25, 0.3) is 0 Å². The van der Waals surface area contributed by atoms with E-state index in [0.29, 0.717) is 0 Å². The summed E-state index contributed by atoms with van der Waals surface area (Å²) in [5.41, 5.74) is 5.37. The fraction of sp³-hybridized carbons (Fsp3) is 0.200. The maximum absolute atomic E-state index is 4.46. The summed E-state index contributed by atoms with van der Waals surface area (Å²) in [5, 5.41) is 12.7. The first-order valence-corrected chi connectivity index (χ1v) is 7.36. The van der Waals surface area contributed by atoms with Crippen molar-refractivity contribution in [3.05, 3.63) is 52.8 Å². The molecule has 0 aliphatic carbocycles. The summed E-state index contributed by atoms with van der Waals surface area (Å²) in [6.45, 7) is 4.75. The second kappa shape index (κ2) is 5.46. The molecule has 3 aromatic rings. The molecule has 2 N–H and O–H groups in total. The van der Waals surface area contributed by atoms with Gasteiger partial charge in [0.2, 0.25) is 0 Å². The van der Waals surface area contributed by atoms with Crippen molar-refractivity contribution >= 4 is 17.0 Å². The molecular weight excluding hydrogens is 268 g/mol. The molecule has 102 valence electrons. The molecule has 0 spiro atoms. The number of aryl methyl sites for hydroxylation is 2. The quantitative estimate of drug-likeness (QED) is 0.767. The molecule has 0 aliphatic rings. The molecule has 0 radical (unpaired) electrons. The van der Waals surface area contributed by atoms with Crippen LogP contribution in [0.3, 0.4) is 0 Å². The number of anilines is 1. The zero-order valence-corrected chi connectivity index (χ0v) is 12.3. The van der Waals surface area contributed by atoms with E-state index < -0.39 is 0 Å². The summed E-state index contributed by atoms with van der Waals surface area (Å²) in [6, 6.07) is 8.24. The average molecular weight is 284 g/mol.